The molecule has 0 amide bonds. The van der Waals surface area contributed by atoms with Gasteiger partial charge in [0.15, 0.2) is 5.82 Å². The number of H-pyrrole nitrogens is 1. The predicted molar refractivity (Wildman–Crippen MR) is 83.9 cm³/mol. The summed E-state index contributed by atoms with van der Waals surface area (Å²) in [6.45, 7) is 1.91. The largest absolute Gasteiger partial charge is 0.323 e. The molecule has 0 radical (unpaired) electrons. The van der Waals surface area contributed by atoms with E-state index in [9.17, 15) is 5.26 Å². The first-order valence-electron chi connectivity index (χ1n) is 6.11. The second kappa shape index (κ2) is 5.56. The number of nitriles is 1. The number of aryl methyl sites for hydroxylation is 1. The van der Waals surface area contributed by atoms with Gasteiger partial charge in [0, 0.05) is 22.2 Å². The first-order chi connectivity index (χ1) is 10.2. The Hall–Kier alpha value is -2.36. The van der Waals surface area contributed by atoms with Crippen LogP contribution in [0, 0.1) is 18.3 Å². The number of hydrogen-bond donors (Lipinski definition) is 2. The lowest BCUT2D eigenvalue weighted by molar-refractivity contribution is 1.05. The zero-order chi connectivity index (χ0) is 14.8. The van der Waals surface area contributed by atoms with Crippen LogP contribution in [0.1, 0.15) is 11.3 Å². The minimum absolute atomic E-state index is 0.179. The number of aromatic amines is 1. The topological polar surface area (TPSA) is 77.4 Å². The van der Waals surface area contributed by atoms with Crippen LogP contribution in [0.4, 0.5) is 11.6 Å². The van der Waals surface area contributed by atoms with E-state index in [0.29, 0.717) is 17.2 Å². The van der Waals surface area contributed by atoms with Crippen molar-refractivity contribution in [2.75, 3.05) is 5.32 Å². The second-order valence-corrected chi connectivity index (χ2v) is 5.68. The molecule has 3 aromatic heterocycles. The summed E-state index contributed by atoms with van der Waals surface area (Å²) in [5.74, 6) is 1.20. The zero-order valence-electron chi connectivity index (χ0n) is 11.0. The lowest BCUT2D eigenvalue weighted by atomic mass is 10.1. The number of hydrogen-bond acceptors (Lipinski definition) is 5. The summed E-state index contributed by atoms with van der Waals surface area (Å²) in [6, 6.07) is 9.65. The van der Waals surface area contributed by atoms with E-state index in [2.05, 4.69) is 26.6 Å². The third kappa shape index (κ3) is 2.75. The molecule has 104 valence electrons. The van der Waals surface area contributed by atoms with Crippen molar-refractivity contribution >= 4 is 34.6 Å². The van der Waals surface area contributed by atoms with Crippen LogP contribution in [0.5, 0.6) is 0 Å². The predicted octanol–water partition coefficient (Wildman–Crippen LogP) is 4.11. The summed E-state index contributed by atoms with van der Waals surface area (Å²) < 4.78 is 0. The van der Waals surface area contributed by atoms with Gasteiger partial charge in [-0.05, 0) is 24.4 Å². The standard InChI is InChI=1S/C14H10ClN5S/c1-8-5-13(20-19-8)17-12-6-9(11-3-2-4-21-11)10(7-16)14(15)18-12/h2-6H,1H3,(H2,17,18,19,20). The molecule has 2 N–H and O–H groups in total. The Kier molecular flexibility index (Phi) is 3.60. The van der Waals surface area contributed by atoms with Crippen LogP contribution >= 0.6 is 22.9 Å². The lowest BCUT2D eigenvalue weighted by Crippen LogP contribution is -1.97. The average Bonchev–Trinajstić information content (AvgIpc) is 3.10. The third-order valence-electron chi connectivity index (χ3n) is 2.84. The normalized spacial score (nSPS) is 10.3. The smallest absolute Gasteiger partial charge is 0.153 e. The fraction of sp³-hybridized carbons (Fsp3) is 0.0714. The van der Waals surface area contributed by atoms with E-state index in [0.717, 1.165) is 16.1 Å². The minimum Gasteiger partial charge on any atom is -0.323 e. The summed E-state index contributed by atoms with van der Waals surface area (Å²) >= 11 is 7.67. The van der Waals surface area contributed by atoms with Crippen molar-refractivity contribution in [1.29, 1.82) is 5.26 Å². The van der Waals surface area contributed by atoms with E-state index in [4.69, 9.17) is 11.6 Å². The van der Waals surface area contributed by atoms with E-state index < -0.39 is 0 Å². The Morgan fingerprint density at radius 1 is 1.38 bits per heavy atom. The first kappa shape index (κ1) is 13.6. The Morgan fingerprint density at radius 2 is 2.24 bits per heavy atom. The number of anilines is 2. The molecule has 3 aromatic rings. The third-order valence-corrected chi connectivity index (χ3v) is 4.01. The van der Waals surface area contributed by atoms with E-state index in [1.54, 1.807) is 17.4 Å². The SMILES string of the molecule is Cc1cc(Nc2cc(-c3cccs3)c(C#N)c(Cl)n2)n[nH]1. The van der Waals surface area contributed by atoms with Crippen molar-refractivity contribution < 1.29 is 0 Å². The van der Waals surface area contributed by atoms with Crippen molar-refractivity contribution in [2.45, 2.75) is 6.92 Å². The van der Waals surface area contributed by atoms with Crippen molar-refractivity contribution in [1.82, 2.24) is 15.2 Å². The van der Waals surface area contributed by atoms with Crippen molar-refractivity contribution in [3.8, 4) is 16.5 Å². The molecule has 3 heterocycles. The monoisotopic (exact) mass is 315 g/mol. The molecule has 0 fully saturated rings. The molecule has 0 saturated carbocycles. The molecule has 0 aliphatic heterocycles. The summed E-state index contributed by atoms with van der Waals surface area (Å²) in [5.41, 5.74) is 2.08. The van der Waals surface area contributed by atoms with Crippen LogP contribution < -0.4 is 5.32 Å². The Labute approximate surface area is 130 Å². The molecule has 5 nitrogen and oxygen atoms in total. The number of nitrogens with zero attached hydrogens (tertiary/aromatic N) is 3. The summed E-state index contributed by atoms with van der Waals surface area (Å²) in [7, 11) is 0. The Bertz CT molecular complexity index is 817. The van der Waals surface area contributed by atoms with Gasteiger partial charge in [0.2, 0.25) is 0 Å². The molecule has 0 saturated heterocycles. The van der Waals surface area contributed by atoms with Gasteiger partial charge in [0.25, 0.3) is 0 Å². The number of thiophene rings is 1. The van der Waals surface area contributed by atoms with Gasteiger partial charge in [-0.2, -0.15) is 10.4 Å². The summed E-state index contributed by atoms with van der Waals surface area (Å²) in [5, 5.41) is 21.4. The highest BCUT2D eigenvalue weighted by Crippen LogP contribution is 2.33. The van der Waals surface area contributed by atoms with Crippen LogP contribution in [0.2, 0.25) is 5.15 Å². The van der Waals surface area contributed by atoms with Gasteiger partial charge in [0.1, 0.15) is 17.0 Å². The van der Waals surface area contributed by atoms with E-state index >= 15 is 0 Å². The van der Waals surface area contributed by atoms with Gasteiger partial charge < -0.3 is 5.32 Å². The van der Waals surface area contributed by atoms with E-state index in [-0.39, 0.29) is 5.15 Å². The van der Waals surface area contributed by atoms with Gasteiger partial charge in [-0.3, -0.25) is 5.10 Å². The van der Waals surface area contributed by atoms with Crippen LogP contribution in [-0.4, -0.2) is 15.2 Å². The highest BCUT2D eigenvalue weighted by atomic mass is 35.5. The highest BCUT2D eigenvalue weighted by Gasteiger charge is 2.14. The number of nitrogens with one attached hydrogen (secondary N) is 2. The molecule has 3 rings (SSSR count). The van der Waals surface area contributed by atoms with Crippen LogP contribution in [0.3, 0.4) is 0 Å². The fourth-order valence-corrected chi connectivity index (χ4v) is 2.91. The highest BCUT2D eigenvalue weighted by molar-refractivity contribution is 7.13. The molecule has 7 heteroatoms. The molecule has 0 aliphatic rings. The molecular weight excluding hydrogens is 306 g/mol. The Balaban J connectivity index is 2.05. The number of pyridine rings is 1. The molecule has 0 spiro atoms. The van der Waals surface area contributed by atoms with Gasteiger partial charge in [-0.25, -0.2) is 4.98 Å². The average molecular weight is 316 g/mol. The van der Waals surface area contributed by atoms with Crippen LogP contribution in [0.15, 0.2) is 29.6 Å². The van der Waals surface area contributed by atoms with Crippen LogP contribution in [0.25, 0.3) is 10.4 Å². The second-order valence-electron chi connectivity index (χ2n) is 4.37. The number of halogens is 1. The maximum absolute atomic E-state index is 9.27. The maximum Gasteiger partial charge on any atom is 0.153 e. The summed E-state index contributed by atoms with van der Waals surface area (Å²) in [6.07, 6.45) is 0. The molecule has 0 aliphatic carbocycles. The summed E-state index contributed by atoms with van der Waals surface area (Å²) in [4.78, 5) is 5.17. The molecular formula is C14H10ClN5S. The molecule has 0 atom stereocenters. The van der Waals surface area contributed by atoms with Gasteiger partial charge in [-0.1, -0.05) is 17.7 Å². The van der Waals surface area contributed by atoms with Gasteiger partial charge in [0.05, 0.1) is 5.56 Å². The minimum atomic E-state index is 0.179. The van der Waals surface area contributed by atoms with Gasteiger partial charge >= 0.3 is 0 Å². The first-order valence-corrected chi connectivity index (χ1v) is 7.36. The lowest BCUT2D eigenvalue weighted by Gasteiger charge is -2.08. The number of aromatic nitrogens is 3. The maximum atomic E-state index is 9.27. The fourth-order valence-electron chi connectivity index (χ4n) is 1.92. The van der Waals surface area contributed by atoms with Crippen molar-refractivity contribution in [3.05, 3.63) is 46.1 Å². The zero-order valence-corrected chi connectivity index (χ0v) is 12.6. The molecule has 0 aromatic carbocycles. The van der Waals surface area contributed by atoms with Gasteiger partial charge in [-0.15, -0.1) is 11.3 Å². The van der Waals surface area contributed by atoms with E-state index in [1.165, 1.54) is 0 Å². The van der Waals surface area contributed by atoms with Crippen molar-refractivity contribution in [3.63, 3.8) is 0 Å². The van der Waals surface area contributed by atoms with Crippen LogP contribution in [-0.2, 0) is 0 Å². The van der Waals surface area contributed by atoms with Crippen molar-refractivity contribution in [2.24, 2.45) is 0 Å². The molecule has 0 unspecified atom stereocenters. The Morgan fingerprint density at radius 3 is 2.86 bits per heavy atom. The molecule has 21 heavy (non-hydrogen) atoms. The quantitative estimate of drug-likeness (QED) is 0.713. The van der Waals surface area contributed by atoms with E-state index in [1.807, 2.05) is 30.5 Å². The molecule has 0 bridgehead atoms. The number of rotatable bonds is 3.